The lowest BCUT2D eigenvalue weighted by Gasteiger charge is -2.10. The van der Waals surface area contributed by atoms with Crippen LogP contribution in [0.2, 0.25) is 0 Å². The van der Waals surface area contributed by atoms with Crippen molar-refractivity contribution in [2.45, 2.75) is 13.2 Å². The van der Waals surface area contributed by atoms with Gasteiger partial charge in [0.25, 0.3) is 5.69 Å². The van der Waals surface area contributed by atoms with Crippen molar-refractivity contribution < 1.29 is 9.66 Å². The van der Waals surface area contributed by atoms with Crippen LogP contribution in [0.1, 0.15) is 16.8 Å². The van der Waals surface area contributed by atoms with Crippen LogP contribution in [0.15, 0.2) is 36.5 Å². The normalized spacial score (nSPS) is 9.90. The molecule has 1 aromatic heterocycles. The first-order chi connectivity index (χ1) is 10.2. The molecule has 0 aliphatic rings. The van der Waals surface area contributed by atoms with E-state index in [1.807, 2.05) is 6.07 Å². The molecule has 0 aliphatic heterocycles. The maximum absolute atomic E-state index is 10.7. The van der Waals surface area contributed by atoms with E-state index in [9.17, 15) is 10.1 Å². The molecule has 2 N–H and O–H groups in total. The van der Waals surface area contributed by atoms with Crippen LogP contribution in [0.25, 0.3) is 0 Å². The number of nitrogens with two attached hydrogens (primary N) is 1. The zero-order valence-electron chi connectivity index (χ0n) is 11.0. The number of hydrogen-bond acceptors (Lipinski definition) is 6. The van der Waals surface area contributed by atoms with Crippen molar-refractivity contribution in [2.24, 2.45) is 5.73 Å². The number of nitriles is 1. The lowest BCUT2D eigenvalue weighted by atomic mass is 10.1. The van der Waals surface area contributed by atoms with E-state index in [0.717, 1.165) is 0 Å². The van der Waals surface area contributed by atoms with Crippen LogP contribution in [0, 0.1) is 21.4 Å². The second kappa shape index (κ2) is 6.45. The zero-order chi connectivity index (χ0) is 15.2. The topological polar surface area (TPSA) is 115 Å². The fourth-order valence-electron chi connectivity index (χ4n) is 1.79. The van der Waals surface area contributed by atoms with E-state index >= 15 is 0 Å². The standard InChI is InChI=1S/C14H12N4O3/c15-7-11-6-12(18(19)20)3-4-14(11)21-9-10-2-1-5-17-13(10)8-16/h1-6H,7,9,15H2. The van der Waals surface area contributed by atoms with Gasteiger partial charge in [0.05, 0.1) is 4.92 Å². The number of non-ortho nitro benzene ring substituents is 1. The third kappa shape index (κ3) is 3.32. The van der Waals surface area contributed by atoms with Crippen molar-refractivity contribution in [1.82, 2.24) is 4.98 Å². The van der Waals surface area contributed by atoms with Crippen LogP contribution in [0.5, 0.6) is 5.75 Å². The summed E-state index contributed by atoms with van der Waals surface area (Å²) in [6, 6.07) is 9.65. The molecule has 1 heterocycles. The van der Waals surface area contributed by atoms with Gasteiger partial charge in [-0.25, -0.2) is 4.98 Å². The minimum atomic E-state index is -0.488. The molecule has 0 aliphatic carbocycles. The summed E-state index contributed by atoms with van der Waals surface area (Å²) < 4.78 is 5.60. The molecule has 0 saturated carbocycles. The van der Waals surface area contributed by atoms with Gasteiger partial charge in [-0.15, -0.1) is 0 Å². The summed E-state index contributed by atoms with van der Waals surface area (Å²) in [5.41, 5.74) is 7.00. The Morgan fingerprint density at radius 1 is 1.38 bits per heavy atom. The highest BCUT2D eigenvalue weighted by molar-refractivity contribution is 5.44. The Kier molecular flexibility index (Phi) is 4.43. The van der Waals surface area contributed by atoms with E-state index in [-0.39, 0.29) is 24.5 Å². The maximum Gasteiger partial charge on any atom is 0.270 e. The monoisotopic (exact) mass is 284 g/mol. The summed E-state index contributed by atoms with van der Waals surface area (Å²) >= 11 is 0. The van der Waals surface area contributed by atoms with Gasteiger partial charge in [-0.05, 0) is 12.1 Å². The lowest BCUT2D eigenvalue weighted by molar-refractivity contribution is -0.384. The molecule has 0 saturated heterocycles. The summed E-state index contributed by atoms with van der Waals surface area (Å²) in [5, 5.41) is 19.7. The molecule has 2 aromatic rings. The number of nitro groups is 1. The Labute approximate surface area is 120 Å². The molecule has 0 spiro atoms. The van der Waals surface area contributed by atoms with Crippen LogP contribution < -0.4 is 10.5 Å². The molecule has 1 aromatic carbocycles. The van der Waals surface area contributed by atoms with Crippen LogP contribution in [-0.4, -0.2) is 9.91 Å². The molecule has 0 atom stereocenters. The first-order valence-corrected chi connectivity index (χ1v) is 6.10. The van der Waals surface area contributed by atoms with Gasteiger partial charge < -0.3 is 10.5 Å². The van der Waals surface area contributed by atoms with Crippen LogP contribution >= 0.6 is 0 Å². The lowest BCUT2D eigenvalue weighted by Crippen LogP contribution is -2.05. The number of pyridine rings is 1. The zero-order valence-corrected chi connectivity index (χ0v) is 11.0. The number of nitrogens with zero attached hydrogens (tertiary/aromatic N) is 3. The smallest absolute Gasteiger partial charge is 0.270 e. The van der Waals surface area contributed by atoms with Crippen LogP contribution in [0.4, 0.5) is 5.69 Å². The Morgan fingerprint density at radius 2 is 2.19 bits per heavy atom. The summed E-state index contributed by atoms with van der Waals surface area (Å²) in [4.78, 5) is 14.2. The van der Waals surface area contributed by atoms with Gasteiger partial charge in [-0.1, -0.05) is 6.07 Å². The number of benzene rings is 1. The Balaban J connectivity index is 2.20. The van der Waals surface area contributed by atoms with Crippen molar-refractivity contribution in [3.63, 3.8) is 0 Å². The number of nitro benzene ring substituents is 1. The Bertz CT molecular complexity index is 710. The molecule has 0 bridgehead atoms. The van der Waals surface area contributed by atoms with E-state index in [0.29, 0.717) is 16.9 Å². The number of rotatable bonds is 5. The summed E-state index contributed by atoms with van der Waals surface area (Å²) in [6.45, 7) is 0.261. The fraction of sp³-hybridized carbons (Fsp3) is 0.143. The van der Waals surface area contributed by atoms with Crippen molar-refractivity contribution in [3.05, 3.63) is 63.5 Å². The first kappa shape index (κ1) is 14.4. The second-order valence-electron chi connectivity index (χ2n) is 4.16. The minimum Gasteiger partial charge on any atom is -0.488 e. The van der Waals surface area contributed by atoms with Gasteiger partial charge in [0.2, 0.25) is 0 Å². The van der Waals surface area contributed by atoms with Crippen LogP contribution in [0.3, 0.4) is 0 Å². The highest BCUT2D eigenvalue weighted by Gasteiger charge is 2.11. The number of hydrogen-bond donors (Lipinski definition) is 1. The van der Waals surface area contributed by atoms with Crippen molar-refractivity contribution >= 4 is 5.69 Å². The third-order valence-corrected chi connectivity index (χ3v) is 2.86. The molecule has 7 heteroatoms. The molecule has 0 fully saturated rings. The molecule has 106 valence electrons. The molecular weight excluding hydrogens is 272 g/mol. The first-order valence-electron chi connectivity index (χ1n) is 6.10. The van der Waals surface area contributed by atoms with E-state index in [2.05, 4.69) is 4.98 Å². The van der Waals surface area contributed by atoms with Crippen molar-refractivity contribution in [2.75, 3.05) is 0 Å². The van der Waals surface area contributed by atoms with E-state index in [1.54, 1.807) is 12.1 Å². The van der Waals surface area contributed by atoms with Crippen LogP contribution in [-0.2, 0) is 13.2 Å². The fourth-order valence-corrected chi connectivity index (χ4v) is 1.79. The van der Waals surface area contributed by atoms with Gasteiger partial charge >= 0.3 is 0 Å². The SMILES string of the molecule is N#Cc1ncccc1COc1ccc([N+](=O)[O-])cc1CN. The Hall–Kier alpha value is -2.98. The van der Waals surface area contributed by atoms with E-state index in [4.69, 9.17) is 15.7 Å². The molecule has 0 unspecified atom stereocenters. The number of ether oxygens (including phenoxy) is 1. The highest BCUT2D eigenvalue weighted by Crippen LogP contribution is 2.24. The van der Waals surface area contributed by atoms with Gasteiger partial charge in [0.15, 0.2) is 0 Å². The molecule has 2 rings (SSSR count). The largest absolute Gasteiger partial charge is 0.488 e. The molecule has 0 amide bonds. The molecular formula is C14H12N4O3. The molecule has 7 nitrogen and oxygen atoms in total. The average Bonchev–Trinajstić information content (AvgIpc) is 2.52. The van der Waals surface area contributed by atoms with E-state index < -0.39 is 4.92 Å². The maximum atomic E-state index is 10.7. The predicted octanol–water partition coefficient (Wildman–Crippen LogP) is 1.90. The van der Waals surface area contributed by atoms with Gasteiger partial charge in [0.1, 0.15) is 24.1 Å². The minimum absolute atomic E-state index is 0.0399. The van der Waals surface area contributed by atoms with Gasteiger partial charge in [-0.2, -0.15) is 5.26 Å². The average molecular weight is 284 g/mol. The predicted molar refractivity (Wildman–Crippen MR) is 74.3 cm³/mol. The second-order valence-corrected chi connectivity index (χ2v) is 4.16. The Morgan fingerprint density at radius 3 is 2.86 bits per heavy atom. The quantitative estimate of drug-likeness (QED) is 0.662. The number of aromatic nitrogens is 1. The van der Waals surface area contributed by atoms with E-state index in [1.165, 1.54) is 24.4 Å². The molecule has 21 heavy (non-hydrogen) atoms. The summed E-state index contributed by atoms with van der Waals surface area (Å²) in [7, 11) is 0. The molecule has 0 radical (unpaired) electrons. The van der Waals surface area contributed by atoms with Crippen molar-refractivity contribution in [1.29, 1.82) is 5.26 Å². The summed E-state index contributed by atoms with van der Waals surface area (Å²) in [6.07, 6.45) is 1.53. The highest BCUT2D eigenvalue weighted by atomic mass is 16.6. The van der Waals surface area contributed by atoms with Crippen molar-refractivity contribution in [3.8, 4) is 11.8 Å². The third-order valence-electron chi connectivity index (χ3n) is 2.86. The van der Waals surface area contributed by atoms with Gasteiger partial charge in [0, 0.05) is 36.0 Å². The summed E-state index contributed by atoms with van der Waals surface area (Å²) in [5.74, 6) is 0.454. The van der Waals surface area contributed by atoms with Gasteiger partial charge in [-0.3, -0.25) is 10.1 Å².